The number of carbonyl (C=O) groups is 2. The molecule has 1 saturated carbocycles. The Balaban J connectivity index is 1.70. The average molecular weight is 375 g/mol. The number of halogens is 1. The number of Topliss-reactive ketones (excluding diaryl/α,β-unsaturated/α-hetero) is 2. The number of hydrogen-bond donors (Lipinski definition) is 0. The molecule has 4 heteroatoms. The topological polar surface area (TPSA) is 43.4 Å². The lowest BCUT2D eigenvalue weighted by Gasteiger charge is -2.25. The first-order valence-electron chi connectivity index (χ1n) is 7.90. The minimum Gasteiger partial charge on any atom is -0.369 e. The van der Waals surface area contributed by atoms with Crippen LogP contribution < -0.4 is 0 Å². The minimum atomic E-state index is -0.0799. The van der Waals surface area contributed by atoms with Crippen LogP contribution in [0, 0.1) is 0 Å². The van der Waals surface area contributed by atoms with Gasteiger partial charge in [-0.3, -0.25) is 9.59 Å². The summed E-state index contributed by atoms with van der Waals surface area (Å²) in [5.74, 6) is 0.273. The van der Waals surface area contributed by atoms with E-state index in [1.54, 1.807) is 13.0 Å². The number of ketones is 2. The van der Waals surface area contributed by atoms with Crippen LogP contribution in [0.5, 0.6) is 0 Å². The molecule has 120 valence electrons. The van der Waals surface area contributed by atoms with Gasteiger partial charge in [0.15, 0.2) is 11.6 Å². The summed E-state index contributed by atoms with van der Waals surface area (Å²) >= 11 is 3.50. The van der Waals surface area contributed by atoms with Gasteiger partial charge in [0, 0.05) is 22.0 Å². The van der Waals surface area contributed by atoms with E-state index < -0.39 is 0 Å². The Labute approximate surface area is 144 Å². The van der Waals surface area contributed by atoms with Gasteiger partial charge in [0.2, 0.25) is 0 Å². The Kier molecular flexibility index (Phi) is 4.93. The van der Waals surface area contributed by atoms with Crippen molar-refractivity contribution in [2.24, 2.45) is 0 Å². The fourth-order valence-corrected chi connectivity index (χ4v) is 3.39. The zero-order valence-electron chi connectivity index (χ0n) is 13.1. The van der Waals surface area contributed by atoms with Crippen LogP contribution in [0.3, 0.4) is 0 Å². The summed E-state index contributed by atoms with van der Waals surface area (Å²) < 4.78 is 6.89. The Morgan fingerprint density at radius 3 is 2.96 bits per heavy atom. The highest BCUT2D eigenvalue weighted by atomic mass is 79.9. The van der Waals surface area contributed by atoms with Crippen molar-refractivity contribution in [2.75, 3.05) is 0 Å². The summed E-state index contributed by atoms with van der Waals surface area (Å²) in [6, 6.07) is 5.53. The van der Waals surface area contributed by atoms with Gasteiger partial charge in [-0.25, -0.2) is 0 Å². The lowest BCUT2D eigenvalue weighted by molar-refractivity contribution is -0.116. The smallest absolute Gasteiger partial charge is 0.162 e. The summed E-state index contributed by atoms with van der Waals surface area (Å²) in [4.78, 5) is 23.5. The van der Waals surface area contributed by atoms with Gasteiger partial charge in [0.1, 0.15) is 0 Å². The summed E-state index contributed by atoms with van der Waals surface area (Å²) in [6.45, 7) is 1.97. The molecule has 1 aromatic rings. The number of rotatable bonds is 4. The number of allylic oxidation sites excluding steroid dienone is 2. The van der Waals surface area contributed by atoms with E-state index in [1.807, 2.05) is 18.2 Å². The van der Waals surface area contributed by atoms with Gasteiger partial charge >= 0.3 is 0 Å². The average Bonchev–Trinajstić information content (AvgIpc) is 2.54. The van der Waals surface area contributed by atoms with Crippen molar-refractivity contribution in [3.05, 3.63) is 57.1 Å². The first-order valence-corrected chi connectivity index (χ1v) is 8.69. The molecule has 3 rings (SSSR count). The number of benzene rings is 1. The third-order valence-corrected chi connectivity index (χ3v) is 5.12. The Morgan fingerprint density at radius 1 is 1.35 bits per heavy atom. The first kappa shape index (κ1) is 16.3. The van der Waals surface area contributed by atoms with E-state index in [9.17, 15) is 9.59 Å². The van der Waals surface area contributed by atoms with Gasteiger partial charge in [0.05, 0.1) is 12.7 Å². The second kappa shape index (κ2) is 6.93. The molecule has 0 heterocycles. The zero-order valence-corrected chi connectivity index (χ0v) is 14.7. The van der Waals surface area contributed by atoms with Crippen LogP contribution in [-0.4, -0.2) is 17.7 Å². The molecule has 0 radical (unpaired) electrons. The van der Waals surface area contributed by atoms with E-state index in [-0.39, 0.29) is 17.7 Å². The zero-order chi connectivity index (χ0) is 16.4. The summed E-state index contributed by atoms with van der Waals surface area (Å²) in [7, 11) is 0. The van der Waals surface area contributed by atoms with E-state index in [4.69, 9.17) is 4.74 Å². The maximum atomic E-state index is 12.0. The Morgan fingerprint density at radius 2 is 2.17 bits per heavy atom. The number of hydrogen-bond acceptors (Lipinski definition) is 3. The number of carbonyl (C=O) groups excluding carboxylic acids is 2. The summed E-state index contributed by atoms with van der Waals surface area (Å²) in [5, 5.41) is 0. The molecule has 0 spiro atoms. The summed E-state index contributed by atoms with van der Waals surface area (Å²) in [5.41, 5.74) is 3.66. The van der Waals surface area contributed by atoms with Crippen LogP contribution >= 0.6 is 15.9 Å². The lowest BCUT2D eigenvalue weighted by atomic mass is 9.84. The molecule has 1 aromatic carbocycles. The largest absolute Gasteiger partial charge is 0.369 e. The van der Waals surface area contributed by atoms with Gasteiger partial charge in [-0.1, -0.05) is 28.1 Å². The first-order chi connectivity index (χ1) is 11.0. The highest BCUT2D eigenvalue weighted by Crippen LogP contribution is 2.31. The fraction of sp³-hybridized carbons (Fsp3) is 0.368. The van der Waals surface area contributed by atoms with Gasteiger partial charge in [0.25, 0.3) is 0 Å². The third kappa shape index (κ3) is 3.70. The molecule has 1 unspecified atom stereocenters. The maximum absolute atomic E-state index is 12.0. The van der Waals surface area contributed by atoms with Gasteiger partial charge in [-0.15, -0.1) is 0 Å². The Bertz CT molecular complexity index is 715. The molecular weight excluding hydrogens is 356 g/mol. The van der Waals surface area contributed by atoms with Gasteiger partial charge in [-0.05, 0) is 55.5 Å². The second-order valence-electron chi connectivity index (χ2n) is 6.03. The van der Waals surface area contributed by atoms with Crippen LogP contribution in [0.2, 0.25) is 0 Å². The predicted molar refractivity (Wildman–Crippen MR) is 92.4 cm³/mol. The van der Waals surface area contributed by atoms with E-state index in [1.165, 1.54) is 5.57 Å². The van der Waals surface area contributed by atoms with Crippen LogP contribution in [0.25, 0.3) is 0 Å². The molecule has 1 fully saturated rings. The monoisotopic (exact) mass is 374 g/mol. The van der Waals surface area contributed by atoms with Gasteiger partial charge < -0.3 is 4.74 Å². The van der Waals surface area contributed by atoms with Crippen molar-refractivity contribution >= 4 is 27.5 Å². The molecule has 2 aliphatic carbocycles. The third-order valence-electron chi connectivity index (χ3n) is 4.35. The minimum absolute atomic E-state index is 0.0407. The van der Waals surface area contributed by atoms with Crippen molar-refractivity contribution in [1.82, 2.24) is 0 Å². The van der Waals surface area contributed by atoms with Gasteiger partial charge in [-0.2, -0.15) is 0 Å². The molecule has 2 aliphatic rings. The summed E-state index contributed by atoms with van der Waals surface area (Å²) in [6.07, 6.45) is 7.42. The molecule has 0 bridgehead atoms. The van der Waals surface area contributed by atoms with Crippen LogP contribution in [0.15, 0.2) is 46.0 Å². The lowest BCUT2D eigenvalue weighted by Crippen LogP contribution is -2.20. The van der Waals surface area contributed by atoms with E-state index in [2.05, 4.69) is 22.0 Å². The van der Waals surface area contributed by atoms with Crippen molar-refractivity contribution in [3.63, 3.8) is 0 Å². The second-order valence-corrected chi connectivity index (χ2v) is 6.89. The Hall–Kier alpha value is -1.52. The number of ether oxygens (including phenoxy) is 1. The SMILES string of the molecule is CC(=O)c1ccc(Br)c(COC2C=C3C(=O)CCCC3=CC2)c1. The molecule has 0 amide bonds. The molecule has 0 aromatic heterocycles. The molecule has 3 nitrogen and oxygen atoms in total. The molecule has 23 heavy (non-hydrogen) atoms. The number of fused-ring (bicyclic) bond motifs is 1. The highest BCUT2D eigenvalue weighted by molar-refractivity contribution is 9.10. The molecular formula is C19H19BrO3. The fourth-order valence-electron chi connectivity index (χ4n) is 3.03. The quantitative estimate of drug-likeness (QED) is 0.726. The van der Waals surface area contributed by atoms with Crippen molar-refractivity contribution in [1.29, 1.82) is 0 Å². The van der Waals surface area contributed by atoms with E-state index in [0.717, 1.165) is 34.9 Å². The predicted octanol–water partition coefficient (Wildman–Crippen LogP) is 4.55. The normalized spacial score (nSPS) is 20.6. The maximum Gasteiger partial charge on any atom is 0.162 e. The highest BCUT2D eigenvalue weighted by Gasteiger charge is 2.24. The van der Waals surface area contributed by atoms with Crippen molar-refractivity contribution in [2.45, 2.75) is 45.3 Å². The molecule has 1 atom stereocenters. The standard InChI is InChI=1S/C19H19BrO3/c1-12(21)14-6-8-18(20)15(9-14)11-23-16-7-5-13-3-2-4-19(22)17(13)10-16/h5-6,8-10,16H,2-4,7,11H2,1H3. The van der Waals surface area contributed by atoms with E-state index in [0.29, 0.717) is 18.6 Å². The van der Waals surface area contributed by atoms with Crippen molar-refractivity contribution in [3.8, 4) is 0 Å². The van der Waals surface area contributed by atoms with E-state index >= 15 is 0 Å². The van der Waals surface area contributed by atoms with Crippen LogP contribution in [0.1, 0.15) is 48.5 Å². The van der Waals surface area contributed by atoms with Crippen LogP contribution in [0.4, 0.5) is 0 Å². The van der Waals surface area contributed by atoms with Crippen LogP contribution in [-0.2, 0) is 16.1 Å². The molecule has 0 saturated heterocycles. The molecule has 0 aliphatic heterocycles. The molecule has 0 N–H and O–H groups in total. The van der Waals surface area contributed by atoms with Crippen molar-refractivity contribution < 1.29 is 14.3 Å².